The number of hydrogen-bond acceptors (Lipinski definition) is 3. The van der Waals surface area contributed by atoms with Gasteiger partial charge in [0.15, 0.2) is 0 Å². The average Bonchev–Trinajstić information content (AvgIpc) is 3.31. The van der Waals surface area contributed by atoms with Gasteiger partial charge in [-0.3, -0.25) is 9.69 Å². The third kappa shape index (κ3) is 3.39. The van der Waals surface area contributed by atoms with E-state index in [9.17, 15) is 4.79 Å². The molecular formula is C21H22N4O. The molecule has 0 radical (unpaired) electrons. The summed E-state index contributed by atoms with van der Waals surface area (Å²) in [6.07, 6.45) is 2.93. The van der Waals surface area contributed by atoms with Gasteiger partial charge in [0.1, 0.15) is 0 Å². The number of rotatable bonds is 5. The Morgan fingerprint density at radius 1 is 1.08 bits per heavy atom. The first kappa shape index (κ1) is 16.5. The minimum absolute atomic E-state index is 0.0423. The SMILES string of the molecule is NC(=O)[C@@H]1CCN(Cc2cn(-c3ccccc3)nc2-c2ccccc2)C1. The van der Waals surface area contributed by atoms with Crippen LogP contribution in [0.3, 0.4) is 0 Å². The van der Waals surface area contributed by atoms with Crippen LogP contribution in [0.4, 0.5) is 0 Å². The van der Waals surface area contributed by atoms with Gasteiger partial charge >= 0.3 is 0 Å². The van der Waals surface area contributed by atoms with E-state index < -0.39 is 0 Å². The summed E-state index contributed by atoms with van der Waals surface area (Å²) >= 11 is 0. The molecule has 0 unspecified atom stereocenters. The number of primary amides is 1. The summed E-state index contributed by atoms with van der Waals surface area (Å²) in [7, 11) is 0. The Kier molecular flexibility index (Phi) is 4.54. The lowest BCUT2D eigenvalue weighted by molar-refractivity contribution is -0.121. The fourth-order valence-corrected chi connectivity index (χ4v) is 3.53. The second kappa shape index (κ2) is 7.14. The predicted molar refractivity (Wildman–Crippen MR) is 102 cm³/mol. The van der Waals surface area contributed by atoms with Crippen molar-refractivity contribution in [3.05, 3.63) is 72.4 Å². The van der Waals surface area contributed by atoms with Gasteiger partial charge in [-0.25, -0.2) is 4.68 Å². The lowest BCUT2D eigenvalue weighted by Gasteiger charge is -2.15. The lowest BCUT2D eigenvalue weighted by Crippen LogP contribution is -2.27. The van der Waals surface area contributed by atoms with Gasteiger partial charge in [0.25, 0.3) is 0 Å². The van der Waals surface area contributed by atoms with Crippen LogP contribution >= 0.6 is 0 Å². The van der Waals surface area contributed by atoms with Crippen molar-refractivity contribution in [1.82, 2.24) is 14.7 Å². The summed E-state index contributed by atoms with van der Waals surface area (Å²) in [5.41, 5.74) is 9.75. The Morgan fingerprint density at radius 3 is 2.42 bits per heavy atom. The van der Waals surface area contributed by atoms with Gasteiger partial charge in [0, 0.05) is 30.4 Å². The Bertz CT molecular complexity index is 889. The molecule has 2 aromatic carbocycles. The quantitative estimate of drug-likeness (QED) is 0.773. The number of aromatic nitrogens is 2. The van der Waals surface area contributed by atoms with Gasteiger partial charge in [-0.1, -0.05) is 48.5 Å². The minimum atomic E-state index is -0.198. The normalized spacial score (nSPS) is 17.5. The van der Waals surface area contributed by atoms with E-state index in [0.29, 0.717) is 0 Å². The lowest BCUT2D eigenvalue weighted by atomic mass is 10.1. The second-order valence-electron chi connectivity index (χ2n) is 6.77. The van der Waals surface area contributed by atoms with Crippen molar-refractivity contribution in [3.63, 3.8) is 0 Å². The van der Waals surface area contributed by atoms with Crippen molar-refractivity contribution >= 4 is 5.91 Å². The Hall–Kier alpha value is -2.92. The summed E-state index contributed by atoms with van der Waals surface area (Å²) in [6, 6.07) is 20.3. The first-order chi connectivity index (χ1) is 12.7. The zero-order valence-corrected chi connectivity index (χ0v) is 14.6. The Balaban J connectivity index is 1.66. The highest BCUT2D eigenvalue weighted by Gasteiger charge is 2.27. The van der Waals surface area contributed by atoms with Crippen LogP contribution in [0.2, 0.25) is 0 Å². The fourth-order valence-electron chi connectivity index (χ4n) is 3.53. The molecule has 3 aromatic rings. The molecule has 26 heavy (non-hydrogen) atoms. The fraction of sp³-hybridized carbons (Fsp3) is 0.238. The maximum atomic E-state index is 11.5. The number of nitrogens with two attached hydrogens (primary N) is 1. The number of amides is 1. The highest BCUT2D eigenvalue weighted by molar-refractivity contribution is 5.77. The largest absolute Gasteiger partial charge is 0.369 e. The van der Waals surface area contributed by atoms with E-state index in [4.69, 9.17) is 10.8 Å². The van der Waals surface area contributed by atoms with Gasteiger partial charge in [-0.05, 0) is 25.1 Å². The monoisotopic (exact) mass is 346 g/mol. The molecule has 0 saturated carbocycles. The summed E-state index contributed by atoms with van der Waals surface area (Å²) in [5.74, 6) is -0.241. The van der Waals surface area contributed by atoms with Crippen LogP contribution in [0.1, 0.15) is 12.0 Å². The van der Waals surface area contributed by atoms with Crippen molar-refractivity contribution in [1.29, 1.82) is 0 Å². The molecule has 5 nitrogen and oxygen atoms in total. The van der Waals surface area contributed by atoms with Crippen LogP contribution < -0.4 is 5.73 Å². The number of carbonyl (C=O) groups excluding carboxylic acids is 1. The number of carbonyl (C=O) groups is 1. The number of hydrogen-bond donors (Lipinski definition) is 1. The van der Waals surface area contributed by atoms with Crippen molar-refractivity contribution < 1.29 is 4.79 Å². The molecule has 4 rings (SSSR count). The number of para-hydroxylation sites is 1. The van der Waals surface area contributed by atoms with Gasteiger partial charge in [0.2, 0.25) is 5.91 Å². The van der Waals surface area contributed by atoms with Gasteiger partial charge in [-0.2, -0.15) is 5.10 Å². The van der Waals surface area contributed by atoms with Crippen molar-refractivity contribution in [2.45, 2.75) is 13.0 Å². The van der Waals surface area contributed by atoms with Gasteiger partial charge < -0.3 is 5.73 Å². The van der Waals surface area contributed by atoms with Crippen LogP contribution in [0, 0.1) is 5.92 Å². The van der Waals surface area contributed by atoms with E-state index in [1.165, 1.54) is 0 Å². The number of benzene rings is 2. The van der Waals surface area contributed by atoms with Crippen LogP contribution in [0.15, 0.2) is 66.9 Å². The van der Waals surface area contributed by atoms with Crippen LogP contribution in [0.5, 0.6) is 0 Å². The number of likely N-dealkylation sites (tertiary alicyclic amines) is 1. The molecule has 1 atom stereocenters. The molecule has 1 saturated heterocycles. The molecule has 1 fully saturated rings. The average molecular weight is 346 g/mol. The van der Waals surface area contributed by atoms with E-state index in [1.54, 1.807) is 0 Å². The summed E-state index contributed by atoms with van der Waals surface area (Å²) in [4.78, 5) is 13.7. The van der Waals surface area contributed by atoms with Crippen molar-refractivity contribution in [2.75, 3.05) is 13.1 Å². The highest BCUT2D eigenvalue weighted by atomic mass is 16.1. The minimum Gasteiger partial charge on any atom is -0.369 e. The predicted octanol–water partition coefficient (Wildman–Crippen LogP) is 2.85. The van der Waals surface area contributed by atoms with Crippen LogP contribution in [-0.4, -0.2) is 33.7 Å². The maximum Gasteiger partial charge on any atom is 0.221 e. The molecule has 1 aromatic heterocycles. The van der Waals surface area contributed by atoms with Crippen molar-refractivity contribution in [3.8, 4) is 16.9 Å². The van der Waals surface area contributed by atoms with Crippen LogP contribution in [0.25, 0.3) is 16.9 Å². The first-order valence-corrected chi connectivity index (χ1v) is 8.92. The molecule has 0 bridgehead atoms. The molecule has 5 heteroatoms. The van der Waals surface area contributed by atoms with E-state index in [1.807, 2.05) is 53.2 Å². The first-order valence-electron chi connectivity index (χ1n) is 8.92. The maximum absolute atomic E-state index is 11.5. The van der Waals surface area contributed by atoms with E-state index in [2.05, 4.69) is 23.2 Å². The zero-order valence-electron chi connectivity index (χ0n) is 14.6. The summed E-state index contributed by atoms with van der Waals surface area (Å²) in [5, 5.41) is 4.85. The second-order valence-corrected chi connectivity index (χ2v) is 6.77. The molecule has 0 aliphatic carbocycles. The van der Waals surface area contributed by atoms with Gasteiger partial charge in [0.05, 0.1) is 17.3 Å². The Morgan fingerprint density at radius 2 is 1.77 bits per heavy atom. The third-order valence-corrected chi connectivity index (χ3v) is 4.93. The highest BCUT2D eigenvalue weighted by Crippen LogP contribution is 2.27. The smallest absolute Gasteiger partial charge is 0.221 e. The third-order valence-electron chi connectivity index (χ3n) is 4.93. The van der Waals surface area contributed by atoms with Gasteiger partial charge in [-0.15, -0.1) is 0 Å². The molecule has 2 N–H and O–H groups in total. The molecule has 1 aliphatic heterocycles. The van der Waals surface area contributed by atoms with Crippen molar-refractivity contribution in [2.24, 2.45) is 11.7 Å². The molecule has 2 heterocycles. The van der Waals surface area contributed by atoms with E-state index >= 15 is 0 Å². The van der Waals surface area contributed by atoms with Crippen LogP contribution in [-0.2, 0) is 11.3 Å². The summed E-state index contributed by atoms with van der Waals surface area (Å²) in [6.45, 7) is 2.37. The Labute approximate surface area is 153 Å². The molecular weight excluding hydrogens is 324 g/mol. The standard InChI is InChI=1S/C21H22N4O/c22-21(26)17-11-12-24(13-17)14-18-15-25(19-9-5-2-6-10-19)23-20(18)16-7-3-1-4-8-16/h1-10,15,17H,11-14H2,(H2,22,26)/t17-/m1/s1. The zero-order chi connectivity index (χ0) is 17.9. The molecule has 0 spiro atoms. The molecule has 1 aliphatic rings. The van der Waals surface area contributed by atoms with E-state index in [0.717, 1.165) is 48.6 Å². The topological polar surface area (TPSA) is 64.2 Å². The molecule has 132 valence electrons. The number of nitrogens with zero attached hydrogens (tertiary/aromatic N) is 3. The van der Waals surface area contributed by atoms with E-state index in [-0.39, 0.29) is 11.8 Å². The summed E-state index contributed by atoms with van der Waals surface area (Å²) < 4.78 is 1.93. The molecule has 1 amide bonds.